The molecule has 1 amide bonds. The van der Waals surface area contributed by atoms with Gasteiger partial charge in [-0.25, -0.2) is 8.42 Å². The van der Waals surface area contributed by atoms with Crippen molar-refractivity contribution in [3.05, 3.63) is 30.2 Å². The molecule has 4 rings (SSSR count). The lowest BCUT2D eigenvalue weighted by Crippen LogP contribution is -2.37. The average Bonchev–Trinajstić information content (AvgIpc) is 3.40. The Morgan fingerprint density at radius 2 is 1.71 bits per heavy atom. The van der Waals surface area contributed by atoms with Crippen LogP contribution in [0.5, 0.6) is 0 Å². The third-order valence-electron chi connectivity index (χ3n) is 5.50. The largest absolute Gasteiger partial charge is 0.334 e. The number of hydrogen-bond donors (Lipinski definition) is 0. The van der Waals surface area contributed by atoms with Crippen molar-refractivity contribution in [2.75, 3.05) is 26.2 Å². The molecule has 3 heterocycles. The summed E-state index contributed by atoms with van der Waals surface area (Å²) in [5.41, 5.74) is 0.607. The molecular formula is C19H24N4O4S. The van der Waals surface area contributed by atoms with Gasteiger partial charge < -0.3 is 9.42 Å². The minimum absolute atomic E-state index is 0.0314. The molecule has 28 heavy (non-hydrogen) atoms. The summed E-state index contributed by atoms with van der Waals surface area (Å²) in [6.45, 7) is 4.67. The molecular weight excluding hydrogens is 380 g/mol. The van der Waals surface area contributed by atoms with Gasteiger partial charge >= 0.3 is 11.8 Å². The number of carbonyl (C=O) groups excluding carboxylic acids is 1. The van der Waals surface area contributed by atoms with Crippen molar-refractivity contribution in [3.63, 3.8) is 0 Å². The Hall–Kier alpha value is -2.26. The maximum atomic E-state index is 12.8. The SMILES string of the molecule is CC1CCN(S(=O)(=O)c2ccc(-c3noc(C(=O)N4CCCC4)n3)cc2)CC1. The number of benzene rings is 1. The lowest BCUT2D eigenvalue weighted by molar-refractivity contribution is 0.0743. The van der Waals surface area contributed by atoms with Gasteiger partial charge in [0.2, 0.25) is 15.8 Å². The van der Waals surface area contributed by atoms with E-state index in [-0.39, 0.29) is 22.5 Å². The van der Waals surface area contributed by atoms with Gasteiger partial charge in [-0.05, 0) is 55.9 Å². The molecule has 9 heteroatoms. The van der Waals surface area contributed by atoms with Crippen molar-refractivity contribution < 1.29 is 17.7 Å². The molecule has 0 bridgehead atoms. The highest BCUT2D eigenvalue weighted by molar-refractivity contribution is 7.89. The van der Waals surface area contributed by atoms with Gasteiger partial charge in [-0.15, -0.1) is 0 Å². The third-order valence-corrected chi connectivity index (χ3v) is 7.41. The summed E-state index contributed by atoms with van der Waals surface area (Å²) in [7, 11) is -3.50. The van der Waals surface area contributed by atoms with Crippen LogP contribution >= 0.6 is 0 Å². The molecule has 2 aliphatic rings. The Labute approximate surface area is 164 Å². The van der Waals surface area contributed by atoms with Crippen molar-refractivity contribution >= 4 is 15.9 Å². The minimum atomic E-state index is -3.50. The number of hydrogen-bond acceptors (Lipinski definition) is 6. The fraction of sp³-hybridized carbons (Fsp3) is 0.526. The van der Waals surface area contributed by atoms with Crippen LogP contribution < -0.4 is 0 Å². The van der Waals surface area contributed by atoms with Gasteiger partial charge in [0.05, 0.1) is 4.90 Å². The fourth-order valence-electron chi connectivity index (χ4n) is 3.63. The minimum Gasteiger partial charge on any atom is -0.334 e. The van der Waals surface area contributed by atoms with E-state index in [1.165, 1.54) is 0 Å². The van der Waals surface area contributed by atoms with Crippen LogP contribution in [0.2, 0.25) is 0 Å². The maximum absolute atomic E-state index is 12.8. The molecule has 0 radical (unpaired) electrons. The first-order valence-electron chi connectivity index (χ1n) is 9.69. The van der Waals surface area contributed by atoms with Gasteiger partial charge in [0.15, 0.2) is 0 Å². The van der Waals surface area contributed by atoms with Gasteiger partial charge in [0.25, 0.3) is 0 Å². The number of amides is 1. The maximum Gasteiger partial charge on any atom is 0.316 e. The Morgan fingerprint density at radius 1 is 1.07 bits per heavy atom. The van der Waals surface area contributed by atoms with Crippen molar-refractivity contribution in [1.82, 2.24) is 19.3 Å². The van der Waals surface area contributed by atoms with Gasteiger partial charge in [-0.2, -0.15) is 9.29 Å². The average molecular weight is 404 g/mol. The molecule has 150 valence electrons. The summed E-state index contributed by atoms with van der Waals surface area (Å²) >= 11 is 0. The van der Waals surface area contributed by atoms with E-state index in [1.807, 2.05) is 0 Å². The molecule has 8 nitrogen and oxygen atoms in total. The van der Waals surface area contributed by atoms with Crippen LogP contribution in [0.1, 0.15) is 43.3 Å². The third kappa shape index (κ3) is 3.68. The monoisotopic (exact) mass is 404 g/mol. The summed E-state index contributed by atoms with van der Waals surface area (Å²) < 4.78 is 32.3. The second-order valence-electron chi connectivity index (χ2n) is 7.53. The van der Waals surface area contributed by atoms with E-state index in [1.54, 1.807) is 33.5 Å². The number of rotatable bonds is 4. The molecule has 2 saturated heterocycles. The predicted molar refractivity (Wildman–Crippen MR) is 102 cm³/mol. The zero-order valence-electron chi connectivity index (χ0n) is 15.9. The number of nitrogens with zero attached hydrogens (tertiary/aromatic N) is 4. The molecule has 2 aromatic rings. The van der Waals surface area contributed by atoms with Crippen LogP contribution in [0.25, 0.3) is 11.4 Å². The van der Waals surface area contributed by atoms with Gasteiger partial charge in [-0.1, -0.05) is 12.1 Å². The number of piperidine rings is 1. The normalized spacial score (nSPS) is 19.2. The predicted octanol–water partition coefficient (Wildman–Crippen LogP) is 2.39. The second-order valence-corrected chi connectivity index (χ2v) is 9.47. The molecule has 0 aliphatic carbocycles. The van der Waals surface area contributed by atoms with E-state index in [0.717, 1.165) is 25.7 Å². The Balaban J connectivity index is 1.50. The van der Waals surface area contributed by atoms with Crippen LogP contribution in [-0.2, 0) is 10.0 Å². The lowest BCUT2D eigenvalue weighted by Gasteiger charge is -2.29. The molecule has 0 N–H and O–H groups in total. The van der Waals surface area contributed by atoms with Crippen molar-refractivity contribution in [2.45, 2.75) is 37.5 Å². The molecule has 0 atom stereocenters. The smallest absolute Gasteiger partial charge is 0.316 e. The Morgan fingerprint density at radius 3 is 2.36 bits per heavy atom. The highest BCUT2D eigenvalue weighted by atomic mass is 32.2. The first-order chi connectivity index (χ1) is 13.4. The number of sulfonamides is 1. The van der Waals surface area contributed by atoms with E-state index in [0.29, 0.717) is 37.7 Å². The summed E-state index contributed by atoms with van der Waals surface area (Å²) in [6.07, 6.45) is 3.74. The Kier molecular flexibility index (Phi) is 5.20. The second kappa shape index (κ2) is 7.63. The standard InChI is InChI=1S/C19H24N4O4S/c1-14-8-12-23(13-9-14)28(25,26)16-6-4-15(5-7-16)17-20-18(27-21-17)19(24)22-10-2-3-11-22/h4-7,14H,2-3,8-13H2,1H3. The molecule has 0 saturated carbocycles. The van der Waals surface area contributed by atoms with Crippen molar-refractivity contribution in [2.24, 2.45) is 5.92 Å². The zero-order chi connectivity index (χ0) is 19.7. The van der Waals surface area contributed by atoms with Gasteiger partial charge in [0, 0.05) is 31.7 Å². The van der Waals surface area contributed by atoms with Crippen LogP contribution in [0.15, 0.2) is 33.7 Å². The van der Waals surface area contributed by atoms with Crippen LogP contribution in [-0.4, -0.2) is 59.8 Å². The lowest BCUT2D eigenvalue weighted by atomic mass is 10.0. The summed E-state index contributed by atoms with van der Waals surface area (Å²) in [6, 6.07) is 6.41. The van der Waals surface area contributed by atoms with Crippen molar-refractivity contribution in [1.29, 1.82) is 0 Å². The van der Waals surface area contributed by atoms with Gasteiger partial charge in [0.1, 0.15) is 0 Å². The summed E-state index contributed by atoms with van der Waals surface area (Å²) in [5, 5.41) is 3.88. The molecule has 2 aliphatic heterocycles. The number of likely N-dealkylation sites (tertiary alicyclic amines) is 1. The first kappa shape index (κ1) is 19.1. The van der Waals surface area contributed by atoms with E-state index >= 15 is 0 Å². The highest BCUT2D eigenvalue weighted by Gasteiger charge is 2.28. The molecule has 0 unspecified atom stereocenters. The molecule has 1 aromatic heterocycles. The van der Waals surface area contributed by atoms with E-state index in [9.17, 15) is 13.2 Å². The van der Waals surface area contributed by atoms with E-state index in [4.69, 9.17) is 4.52 Å². The summed E-state index contributed by atoms with van der Waals surface area (Å²) in [5.74, 6) is 0.550. The van der Waals surface area contributed by atoms with Crippen LogP contribution in [0.4, 0.5) is 0 Å². The topological polar surface area (TPSA) is 96.6 Å². The van der Waals surface area contributed by atoms with Gasteiger partial charge in [-0.3, -0.25) is 4.79 Å². The quantitative estimate of drug-likeness (QED) is 0.776. The van der Waals surface area contributed by atoms with E-state index < -0.39 is 10.0 Å². The summed E-state index contributed by atoms with van der Waals surface area (Å²) in [4.78, 5) is 18.5. The van der Waals surface area contributed by atoms with Crippen LogP contribution in [0.3, 0.4) is 0 Å². The van der Waals surface area contributed by atoms with Crippen LogP contribution in [0, 0.1) is 5.92 Å². The zero-order valence-corrected chi connectivity index (χ0v) is 16.7. The first-order valence-corrected chi connectivity index (χ1v) is 11.1. The highest BCUT2D eigenvalue weighted by Crippen LogP contribution is 2.25. The fourth-order valence-corrected chi connectivity index (χ4v) is 5.10. The molecule has 1 aromatic carbocycles. The molecule has 0 spiro atoms. The van der Waals surface area contributed by atoms with E-state index in [2.05, 4.69) is 17.1 Å². The molecule has 2 fully saturated rings. The number of aromatic nitrogens is 2. The Bertz CT molecular complexity index is 941. The van der Waals surface area contributed by atoms with Crippen molar-refractivity contribution in [3.8, 4) is 11.4 Å². The number of carbonyl (C=O) groups is 1.